The van der Waals surface area contributed by atoms with Gasteiger partial charge in [0.1, 0.15) is 0 Å². The molecule has 23 heavy (non-hydrogen) atoms. The Morgan fingerprint density at radius 1 is 1.39 bits per heavy atom. The SMILES string of the molecule is CN(C)C/C=C/C(=O)N[C@@H]1CC(=O)N(C)[C@H]1c1ccc(Cl)cc1. The van der Waals surface area contributed by atoms with E-state index in [2.05, 4.69) is 5.32 Å². The number of hydrogen-bond donors (Lipinski definition) is 1. The van der Waals surface area contributed by atoms with Crippen LogP contribution >= 0.6 is 11.6 Å². The molecule has 0 spiro atoms. The van der Waals surface area contributed by atoms with Gasteiger partial charge in [-0.3, -0.25) is 9.59 Å². The number of rotatable bonds is 5. The molecule has 0 saturated carbocycles. The molecule has 0 aromatic heterocycles. The van der Waals surface area contributed by atoms with E-state index in [0.29, 0.717) is 18.0 Å². The Kier molecular flexibility index (Phi) is 5.80. The fourth-order valence-corrected chi connectivity index (χ4v) is 2.84. The molecule has 0 unspecified atom stereocenters. The van der Waals surface area contributed by atoms with Gasteiger partial charge in [-0.05, 0) is 31.8 Å². The normalized spacial score (nSPS) is 21.4. The summed E-state index contributed by atoms with van der Waals surface area (Å²) in [7, 11) is 5.63. The Hall–Kier alpha value is -1.85. The van der Waals surface area contributed by atoms with Crippen molar-refractivity contribution in [2.75, 3.05) is 27.7 Å². The highest BCUT2D eigenvalue weighted by molar-refractivity contribution is 6.30. The number of hydrogen-bond acceptors (Lipinski definition) is 3. The first-order valence-corrected chi connectivity index (χ1v) is 7.89. The molecule has 6 heteroatoms. The fourth-order valence-electron chi connectivity index (χ4n) is 2.72. The molecule has 2 atom stereocenters. The summed E-state index contributed by atoms with van der Waals surface area (Å²) in [6.07, 6.45) is 3.62. The molecule has 0 aliphatic carbocycles. The van der Waals surface area contributed by atoms with Gasteiger partial charge in [0.05, 0.1) is 12.1 Å². The van der Waals surface area contributed by atoms with Gasteiger partial charge in [0, 0.05) is 31.1 Å². The monoisotopic (exact) mass is 335 g/mol. The second kappa shape index (κ2) is 7.62. The van der Waals surface area contributed by atoms with E-state index in [9.17, 15) is 9.59 Å². The van der Waals surface area contributed by atoms with Gasteiger partial charge in [-0.2, -0.15) is 0 Å². The number of carbonyl (C=O) groups is 2. The molecule has 0 radical (unpaired) electrons. The third kappa shape index (κ3) is 4.56. The van der Waals surface area contributed by atoms with Crippen molar-refractivity contribution >= 4 is 23.4 Å². The molecule has 1 aromatic carbocycles. The van der Waals surface area contributed by atoms with Crippen molar-refractivity contribution in [2.45, 2.75) is 18.5 Å². The minimum Gasteiger partial charge on any atom is -0.347 e. The minimum absolute atomic E-state index is 0.0209. The predicted molar refractivity (Wildman–Crippen MR) is 91.2 cm³/mol. The number of benzene rings is 1. The van der Waals surface area contributed by atoms with Crippen molar-refractivity contribution < 1.29 is 9.59 Å². The number of likely N-dealkylation sites (N-methyl/N-ethyl adjacent to an activating group) is 2. The number of nitrogens with one attached hydrogen (secondary N) is 1. The summed E-state index contributed by atoms with van der Waals surface area (Å²) in [5.74, 6) is -0.161. The molecule has 1 fully saturated rings. The maximum absolute atomic E-state index is 12.1. The van der Waals surface area contributed by atoms with Gasteiger partial charge in [0.2, 0.25) is 11.8 Å². The maximum atomic E-state index is 12.1. The third-order valence-corrected chi connectivity index (χ3v) is 4.12. The van der Waals surface area contributed by atoms with Crippen LogP contribution in [0.2, 0.25) is 5.02 Å². The fraction of sp³-hybridized carbons (Fsp3) is 0.412. The van der Waals surface area contributed by atoms with Gasteiger partial charge in [-0.15, -0.1) is 0 Å². The van der Waals surface area contributed by atoms with Gasteiger partial charge in [-0.25, -0.2) is 0 Å². The van der Waals surface area contributed by atoms with E-state index < -0.39 is 0 Å². The Bertz CT molecular complexity index is 598. The molecular formula is C17H22ClN3O2. The van der Waals surface area contributed by atoms with Crippen LogP contribution in [0.4, 0.5) is 0 Å². The summed E-state index contributed by atoms with van der Waals surface area (Å²) >= 11 is 5.92. The summed E-state index contributed by atoms with van der Waals surface area (Å²) in [5.41, 5.74) is 0.963. The van der Waals surface area contributed by atoms with Crippen molar-refractivity contribution in [3.8, 4) is 0 Å². The topological polar surface area (TPSA) is 52.7 Å². The van der Waals surface area contributed by atoms with Crippen LogP contribution in [0.3, 0.4) is 0 Å². The minimum atomic E-state index is -0.245. The van der Waals surface area contributed by atoms with Crippen molar-refractivity contribution in [3.63, 3.8) is 0 Å². The molecule has 0 bridgehead atoms. The molecular weight excluding hydrogens is 314 g/mol. The highest BCUT2D eigenvalue weighted by atomic mass is 35.5. The Morgan fingerprint density at radius 2 is 2.04 bits per heavy atom. The quantitative estimate of drug-likeness (QED) is 0.835. The molecule has 1 aromatic rings. The summed E-state index contributed by atoms with van der Waals surface area (Å²) in [6, 6.07) is 6.95. The van der Waals surface area contributed by atoms with Crippen molar-refractivity contribution in [3.05, 3.63) is 47.0 Å². The smallest absolute Gasteiger partial charge is 0.244 e. The predicted octanol–water partition coefficient (Wildman–Crippen LogP) is 1.85. The van der Waals surface area contributed by atoms with Crippen molar-refractivity contribution in [1.29, 1.82) is 0 Å². The summed E-state index contributed by atoms with van der Waals surface area (Å²) in [6.45, 7) is 0.692. The summed E-state index contributed by atoms with van der Waals surface area (Å²) in [5, 5.41) is 3.58. The first-order valence-electron chi connectivity index (χ1n) is 7.51. The van der Waals surface area contributed by atoms with Crippen LogP contribution in [0.5, 0.6) is 0 Å². The van der Waals surface area contributed by atoms with Crippen LogP contribution in [0.25, 0.3) is 0 Å². The number of amides is 2. The van der Waals surface area contributed by atoms with Gasteiger partial charge < -0.3 is 15.1 Å². The van der Waals surface area contributed by atoms with Crippen LogP contribution < -0.4 is 5.32 Å². The second-order valence-corrected chi connectivity index (χ2v) is 6.42. The van der Waals surface area contributed by atoms with Crippen LogP contribution in [0.15, 0.2) is 36.4 Å². The van der Waals surface area contributed by atoms with E-state index in [0.717, 1.165) is 5.56 Å². The van der Waals surface area contributed by atoms with E-state index in [1.54, 1.807) is 30.2 Å². The highest BCUT2D eigenvalue weighted by Crippen LogP contribution is 2.32. The number of likely N-dealkylation sites (tertiary alicyclic amines) is 1. The zero-order valence-electron chi connectivity index (χ0n) is 13.6. The first-order chi connectivity index (χ1) is 10.9. The van der Waals surface area contributed by atoms with Crippen LogP contribution in [0.1, 0.15) is 18.0 Å². The average molecular weight is 336 g/mol. The summed E-state index contributed by atoms with van der Waals surface area (Å²) in [4.78, 5) is 27.7. The largest absolute Gasteiger partial charge is 0.347 e. The summed E-state index contributed by atoms with van der Waals surface area (Å²) < 4.78 is 0. The third-order valence-electron chi connectivity index (χ3n) is 3.87. The zero-order chi connectivity index (χ0) is 17.0. The Labute approximate surface area is 141 Å². The molecule has 1 aliphatic rings. The first kappa shape index (κ1) is 17.5. The Morgan fingerprint density at radius 3 is 2.65 bits per heavy atom. The van der Waals surface area contributed by atoms with Gasteiger partial charge in [0.25, 0.3) is 0 Å². The molecule has 1 saturated heterocycles. The molecule has 1 aliphatic heterocycles. The number of carbonyl (C=O) groups excluding carboxylic acids is 2. The maximum Gasteiger partial charge on any atom is 0.244 e. The highest BCUT2D eigenvalue weighted by Gasteiger charge is 2.38. The van der Waals surface area contributed by atoms with Crippen molar-refractivity contribution in [2.24, 2.45) is 0 Å². The van der Waals surface area contributed by atoms with Crippen LogP contribution in [0, 0.1) is 0 Å². The lowest BCUT2D eigenvalue weighted by Crippen LogP contribution is -2.38. The van der Waals surface area contributed by atoms with E-state index in [1.807, 2.05) is 31.1 Å². The molecule has 124 valence electrons. The van der Waals surface area contributed by atoms with E-state index in [1.165, 1.54) is 6.08 Å². The molecule has 1 N–H and O–H groups in total. The molecule has 2 rings (SSSR count). The lowest BCUT2D eigenvalue weighted by molar-refractivity contribution is -0.127. The standard InChI is InChI=1S/C17H22ClN3O2/c1-20(2)10-4-5-15(22)19-14-11-16(23)21(3)17(14)12-6-8-13(18)9-7-12/h4-9,14,17H,10-11H2,1-3H3,(H,19,22)/b5-4+/t14-,17+/m1/s1. The van der Waals surface area contributed by atoms with Gasteiger partial charge >= 0.3 is 0 Å². The number of nitrogens with zero attached hydrogens (tertiary/aromatic N) is 2. The molecule has 1 heterocycles. The second-order valence-electron chi connectivity index (χ2n) is 5.98. The van der Waals surface area contributed by atoms with Crippen molar-refractivity contribution in [1.82, 2.24) is 15.1 Å². The van der Waals surface area contributed by atoms with Crippen LogP contribution in [-0.4, -0.2) is 55.3 Å². The Balaban J connectivity index is 2.09. The lowest BCUT2D eigenvalue weighted by atomic mass is 10.00. The van der Waals surface area contributed by atoms with Gasteiger partial charge in [-0.1, -0.05) is 29.8 Å². The molecule has 2 amide bonds. The van der Waals surface area contributed by atoms with E-state index in [-0.39, 0.29) is 23.9 Å². The molecule has 5 nitrogen and oxygen atoms in total. The number of halogens is 1. The van der Waals surface area contributed by atoms with Crippen LogP contribution in [-0.2, 0) is 9.59 Å². The lowest BCUT2D eigenvalue weighted by Gasteiger charge is -2.25. The van der Waals surface area contributed by atoms with E-state index >= 15 is 0 Å². The zero-order valence-corrected chi connectivity index (χ0v) is 14.4. The van der Waals surface area contributed by atoms with Gasteiger partial charge in [0.15, 0.2) is 0 Å². The van der Waals surface area contributed by atoms with E-state index in [4.69, 9.17) is 11.6 Å². The average Bonchev–Trinajstić information content (AvgIpc) is 2.74.